The first-order chi connectivity index (χ1) is 15.2. The number of hydrogen-bond donors (Lipinski definition) is 1. The van der Waals surface area contributed by atoms with Gasteiger partial charge in [-0.25, -0.2) is 0 Å². The quantitative estimate of drug-likeness (QED) is 0.340. The number of likely N-dealkylation sites (tertiary alicyclic amines) is 1. The molecule has 1 aromatic rings. The number of hydrogen-bond acceptors (Lipinski definition) is 3. The van der Waals surface area contributed by atoms with E-state index in [0.717, 1.165) is 37.1 Å². The zero-order chi connectivity index (χ0) is 22.9. The van der Waals surface area contributed by atoms with Gasteiger partial charge in [-0.3, -0.25) is 4.90 Å². The number of phenolic OH excluding ortho intramolecular Hbond substituents is 1. The molecule has 2 aliphatic heterocycles. The first kappa shape index (κ1) is 23.7. The molecule has 2 atom stereocenters. The molecule has 1 aliphatic carbocycles. The fourth-order valence-corrected chi connectivity index (χ4v) is 6.35. The van der Waals surface area contributed by atoms with Gasteiger partial charge in [0, 0.05) is 23.9 Å². The second-order valence-corrected chi connectivity index (χ2v) is 11.8. The normalized spacial score (nSPS) is 25.1. The largest absolute Gasteiger partial charge is 0.508 e. The molecule has 0 amide bonds. The molecule has 32 heavy (non-hydrogen) atoms. The Hall–Kier alpha value is -1.48. The van der Waals surface area contributed by atoms with Crippen LogP contribution in [0, 0.1) is 5.92 Å². The van der Waals surface area contributed by atoms with E-state index >= 15 is 0 Å². The summed E-state index contributed by atoms with van der Waals surface area (Å²) < 4.78 is 6.62. The molecule has 178 valence electrons. The van der Waals surface area contributed by atoms with Gasteiger partial charge in [0.2, 0.25) is 0 Å². The first-order valence-corrected chi connectivity index (χ1v) is 13.2. The first-order valence-electron chi connectivity index (χ1n) is 13.2. The minimum absolute atomic E-state index is 0.0397. The number of allylic oxidation sites excluding steroid dienone is 1. The van der Waals surface area contributed by atoms with E-state index in [-0.39, 0.29) is 11.0 Å². The number of phenols is 1. The number of rotatable bonds is 8. The van der Waals surface area contributed by atoms with E-state index in [0.29, 0.717) is 17.6 Å². The van der Waals surface area contributed by atoms with Gasteiger partial charge in [0.05, 0.1) is 0 Å². The highest BCUT2D eigenvalue weighted by atomic mass is 16.5. The molecule has 1 saturated heterocycles. The van der Waals surface area contributed by atoms with Crippen molar-refractivity contribution in [2.24, 2.45) is 5.92 Å². The summed E-state index contributed by atoms with van der Waals surface area (Å²) in [6.45, 7) is 14.9. The number of benzene rings is 1. The highest BCUT2D eigenvalue weighted by molar-refractivity contribution is 5.54. The van der Waals surface area contributed by atoms with Gasteiger partial charge in [0.25, 0.3) is 0 Å². The lowest BCUT2D eigenvalue weighted by atomic mass is 9.66. The van der Waals surface area contributed by atoms with Gasteiger partial charge in [-0.2, -0.15) is 0 Å². The van der Waals surface area contributed by atoms with Gasteiger partial charge in [0.15, 0.2) is 0 Å². The Morgan fingerprint density at radius 3 is 2.59 bits per heavy atom. The molecule has 4 rings (SSSR count). The maximum absolute atomic E-state index is 11.3. The van der Waals surface area contributed by atoms with Crippen LogP contribution in [0.25, 0.3) is 0 Å². The van der Waals surface area contributed by atoms with Gasteiger partial charge in [0.1, 0.15) is 17.1 Å². The summed E-state index contributed by atoms with van der Waals surface area (Å²) in [5, 5.41) is 11.3. The average molecular weight is 440 g/mol. The van der Waals surface area contributed by atoms with Crippen molar-refractivity contribution in [1.29, 1.82) is 0 Å². The van der Waals surface area contributed by atoms with Gasteiger partial charge >= 0.3 is 0 Å². The van der Waals surface area contributed by atoms with Crippen molar-refractivity contribution in [3.05, 3.63) is 34.9 Å². The standard InChI is InChI=1S/C29H45NO2/c1-6-7-8-9-14-28(2,3)22-18-25(31)27-23-17-21(20-30-15-10-11-16-30)12-13-24(23)29(4,5)32-26(27)19-22/h12,18-19,23-24,31H,6-11,13-17,20H2,1-5H3/t23-,24-/m0/s1. The van der Waals surface area contributed by atoms with E-state index in [1.165, 1.54) is 57.2 Å². The van der Waals surface area contributed by atoms with E-state index < -0.39 is 0 Å². The van der Waals surface area contributed by atoms with Crippen LogP contribution in [0.5, 0.6) is 11.5 Å². The summed E-state index contributed by atoms with van der Waals surface area (Å²) in [4.78, 5) is 2.60. The lowest BCUT2D eigenvalue weighted by Crippen LogP contribution is -2.46. The van der Waals surface area contributed by atoms with Crippen LogP contribution in [-0.4, -0.2) is 35.2 Å². The van der Waals surface area contributed by atoms with Crippen molar-refractivity contribution < 1.29 is 9.84 Å². The van der Waals surface area contributed by atoms with Crippen molar-refractivity contribution in [2.45, 2.75) is 109 Å². The smallest absolute Gasteiger partial charge is 0.127 e. The van der Waals surface area contributed by atoms with Crippen LogP contribution in [-0.2, 0) is 5.41 Å². The zero-order valence-electron chi connectivity index (χ0n) is 21.2. The second kappa shape index (κ2) is 9.41. The molecular weight excluding hydrogens is 394 g/mol. The molecule has 2 heterocycles. The van der Waals surface area contributed by atoms with Crippen molar-refractivity contribution >= 4 is 0 Å². The Labute approximate surface area is 196 Å². The Bertz CT molecular complexity index is 832. The molecule has 1 N–H and O–H groups in total. The van der Waals surface area contributed by atoms with E-state index in [1.807, 2.05) is 0 Å². The van der Waals surface area contributed by atoms with Crippen LogP contribution in [0.3, 0.4) is 0 Å². The molecular formula is C29H45NO2. The van der Waals surface area contributed by atoms with Gasteiger partial charge < -0.3 is 9.84 Å². The highest BCUT2D eigenvalue weighted by Crippen LogP contribution is 2.55. The molecule has 0 spiro atoms. The van der Waals surface area contributed by atoms with E-state index in [4.69, 9.17) is 4.74 Å². The molecule has 3 nitrogen and oxygen atoms in total. The average Bonchev–Trinajstić information content (AvgIpc) is 3.23. The summed E-state index contributed by atoms with van der Waals surface area (Å²) in [6.07, 6.45) is 13.5. The minimum atomic E-state index is -0.219. The SMILES string of the molecule is CCCCCCC(C)(C)c1cc(O)c2c(c1)OC(C)(C)[C@H]1CC=C(CN3CCCC3)C[C@H]21. The van der Waals surface area contributed by atoms with E-state index in [1.54, 1.807) is 5.57 Å². The molecule has 0 aromatic heterocycles. The number of fused-ring (bicyclic) bond motifs is 3. The van der Waals surface area contributed by atoms with Crippen LogP contribution in [0.1, 0.15) is 109 Å². The Kier molecular flexibility index (Phi) is 6.96. The topological polar surface area (TPSA) is 32.7 Å². The molecule has 1 aromatic carbocycles. The molecule has 0 bridgehead atoms. The maximum Gasteiger partial charge on any atom is 0.127 e. The predicted octanol–water partition coefficient (Wildman–Crippen LogP) is 7.33. The fourth-order valence-electron chi connectivity index (χ4n) is 6.35. The zero-order valence-corrected chi connectivity index (χ0v) is 21.2. The molecule has 0 unspecified atom stereocenters. The maximum atomic E-state index is 11.3. The Balaban J connectivity index is 1.59. The number of unbranched alkanes of at least 4 members (excludes halogenated alkanes) is 3. The molecule has 1 fully saturated rings. The van der Waals surface area contributed by atoms with E-state index in [2.05, 4.69) is 57.7 Å². The van der Waals surface area contributed by atoms with Gasteiger partial charge in [-0.15, -0.1) is 0 Å². The van der Waals surface area contributed by atoms with Gasteiger partial charge in [-0.05, 0) is 82.2 Å². The third-order valence-corrected chi connectivity index (χ3v) is 8.45. The molecule has 3 aliphatic rings. The Morgan fingerprint density at radius 1 is 1.12 bits per heavy atom. The lowest BCUT2D eigenvalue weighted by Gasteiger charge is -2.47. The third kappa shape index (κ3) is 4.88. The van der Waals surface area contributed by atoms with E-state index in [9.17, 15) is 5.11 Å². The lowest BCUT2D eigenvalue weighted by molar-refractivity contribution is 0.00694. The summed E-state index contributed by atoms with van der Waals surface area (Å²) in [5.41, 5.74) is 3.65. The number of aromatic hydroxyl groups is 1. The third-order valence-electron chi connectivity index (χ3n) is 8.45. The summed E-state index contributed by atoms with van der Waals surface area (Å²) in [5.74, 6) is 2.14. The summed E-state index contributed by atoms with van der Waals surface area (Å²) in [7, 11) is 0. The Morgan fingerprint density at radius 2 is 1.88 bits per heavy atom. The monoisotopic (exact) mass is 439 g/mol. The van der Waals surface area contributed by atoms with Crippen molar-refractivity contribution in [2.75, 3.05) is 19.6 Å². The summed E-state index contributed by atoms with van der Waals surface area (Å²) >= 11 is 0. The van der Waals surface area contributed by atoms with Crippen molar-refractivity contribution in [3.8, 4) is 11.5 Å². The van der Waals surface area contributed by atoms with Crippen LogP contribution in [0.4, 0.5) is 0 Å². The number of ether oxygens (including phenoxy) is 1. The van der Waals surface area contributed by atoms with Crippen LogP contribution in [0.15, 0.2) is 23.8 Å². The number of nitrogens with zero attached hydrogens (tertiary/aromatic N) is 1. The second-order valence-electron chi connectivity index (χ2n) is 11.8. The predicted molar refractivity (Wildman–Crippen MR) is 134 cm³/mol. The molecule has 3 heteroatoms. The van der Waals surface area contributed by atoms with Crippen LogP contribution in [0.2, 0.25) is 0 Å². The van der Waals surface area contributed by atoms with Crippen LogP contribution < -0.4 is 4.74 Å². The molecule has 0 saturated carbocycles. The minimum Gasteiger partial charge on any atom is -0.508 e. The van der Waals surface area contributed by atoms with Crippen molar-refractivity contribution in [3.63, 3.8) is 0 Å². The van der Waals surface area contributed by atoms with Crippen molar-refractivity contribution in [1.82, 2.24) is 4.90 Å². The van der Waals surface area contributed by atoms with Crippen LogP contribution >= 0.6 is 0 Å². The highest BCUT2D eigenvalue weighted by Gasteiger charge is 2.46. The molecule has 0 radical (unpaired) electrons. The summed E-state index contributed by atoms with van der Waals surface area (Å²) in [6, 6.07) is 4.31. The fraction of sp³-hybridized carbons (Fsp3) is 0.724. The van der Waals surface area contributed by atoms with Gasteiger partial charge in [-0.1, -0.05) is 58.1 Å².